The van der Waals surface area contributed by atoms with Crippen molar-refractivity contribution in [1.29, 1.82) is 0 Å². The largest absolute Gasteiger partial charge is 0.548 e. The summed E-state index contributed by atoms with van der Waals surface area (Å²) in [4.78, 5) is 32.3. The molecule has 2 amide bonds. The number of amides is 2. The molecular formula is C8H17N3O5. The van der Waals surface area contributed by atoms with Gasteiger partial charge < -0.3 is 31.7 Å². The Hall–Kier alpha value is -1.67. The van der Waals surface area contributed by atoms with Gasteiger partial charge in [-0.1, -0.05) is 0 Å². The summed E-state index contributed by atoms with van der Waals surface area (Å²) in [6, 6.07) is -1.54. The van der Waals surface area contributed by atoms with E-state index < -0.39 is 24.0 Å². The summed E-state index contributed by atoms with van der Waals surface area (Å²) in [5, 5.41) is 14.7. The maximum Gasteiger partial charge on any atom is 0.278 e. The van der Waals surface area contributed by atoms with E-state index in [0.717, 1.165) is 0 Å². The molecule has 0 saturated carbocycles. The van der Waals surface area contributed by atoms with E-state index in [1.807, 2.05) is 0 Å². The van der Waals surface area contributed by atoms with Crippen LogP contribution >= 0.6 is 0 Å². The SMILES string of the molecule is C[C@H]([NH3+])C(=O)NCC(=O)N[C@@H](C)C(=O)[O-].O. The minimum atomic E-state index is -1.37. The molecule has 0 aromatic carbocycles. The summed E-state index contributed by atoms with van der Waals surface area (Å²) in [6.45, 7) is 2.59. The fourth-order valence-corrected chi connectivity index (χ4v) is 0.693. The average molecular weight is 235 g/mol. The van der Waals surface area contributed by atoms with Gasteiger partial charge in [0.15, 0.2) is 6.04 Å². The summed E-state index contributed by atoms with van der Waals surface area (Å²) in [5.41, 5.74) is 3.46. The lowest BCUT2D eigenvalue weighted by molar-refractivity contribution is -0.398. The molecule has 0 unspecified atom stereocenters. The lowest BCUT2D eigenvalue weighted by atomic mass is 10.3. The van der Waals surface area contributed by atoms with E-state index in [1.165, 1.54) is 6.92 Å². The Kier molecular flexibility index (Phi) is 7.96. The lowest BCUT2D eigenvalue weighted by Crippen LogP contribution is -2.66. The first-order valence-corrected chi connectivity index (χ1v) is 4.45. The van der Waals surface area contributed by atoms with Crippen molar-refractivity contribution in [2.24, 2.45) is 0 Å². The molecule has 0 fully saturated rings. The molecule has 7 N–H and O–H groups in total. The van der Waals surface area contributed by atoms with Crippen molar-refractivity contribution in [1.82, 2.24) is 10.6 Å². The topological polar surface area (TPSA) is 157 Å². The first kappa shape index (κ1) is 16.7. The zero-order valence-corrected chi connectivity index (χ0v) is 9.20. The van der Waals surface area contributed by atoms with Crippen LogP contribution in [0.3, 0.4) is 0 Å². The van der Waals surface area contributed by atoms with Crippen molar-refractivity contribution in [3.8, 4) is 0 Å². The predicted octanol–water partition coefficient (Wildman–Crippen LogP) is -4.84. The Labute approximate surface area is 92.5 Å². The highest BCUT2D eigenvalue weighted by Gasteiger charge is 2.13. The summed E-state index contributed by atoms with van der Waals surface area (Å²) >= 11 is 0. The fourth-order valence-electron chi connectivity index (χ4n) is 0.693. The van der Waals surface area contributed by atoms with E-state index in [4.69, 9.17) is 0 Å². The quantitative estimate of drug-likeness (QED) is 0.436. The normalized spacial score (nSPS) is 12.9. The maximum atomic E-state index is 11.0. The molecule has 0 aromatic heterocycles. The molecule has 0 heterocycles. The third kappa shape index (κ3) is 6.74. The van der Waals surface area contributed by atoms with Gasteiger partial charge in [-0.05, 0) is 13.8 Å². The molecule has 0 bridgehead atoms. The predicted molar refractivity (Wildman–Crippen MR) is 51.6 cm³/mol. The van der Waals surface area contributed by atoms with Crippen LogP contribution in [0, 0.1) is 0 Å². The van der Waals surface area contributed by atoms with Crippen LogP contribution in [0.4, 0.5) is 0 Å². The highest BCUT2D eigenvalue weighted by molar-refractivity contribution is 5.88. The van der Waals surface area contributed by atoms with Crippen molar-refractivity contribution in [3.05, 3.63) is 0 Å². The molecule has 0 aliphatic heterocycles. The van der Waals surface area contributed by atoms with Gasteiger partial charge in [0.2, 0.25) is 5.91 Å². The van der Waals surface area contributed by atoms with Crippen molar-refractivity contribution >= 4 is 17.8 Å². The average Bonchev–Trinajstić information content (AvgIpc) is 2.13. The molecule has 0 radical (unpaired) electrons. The summed E-state index contributed by atoms with van der Waals surface area (Å²) in [5.74, 6) is -2.33. The maximum absolute atomic E-state index is 11.0. The van der Waals surface area contributed by atoms with E-state index in [2.05, 4.69) is 16.4 Å². The molecule has 2 atom stereocenters. The van der Waals surface area contributed by atoms with Gasteiger partial charge in [0.05, 0.1) is 18.6 Å². The van der Waals surface area contributed by atoms with Crippen molar-refractivity contribution < 1.29 is 30.7 Å². The second-order valence-corrected chi connectivity index (χ2v) is 3.23. The zero-order valence-electron chi connectivity index (χ0n) is 9.20. The minimum absolute atomic E-state index is 0. The Morgan fingerprint density at radius 3 is 2.19 bits per heavy atom. The third-order valence-electron chi connectivity index (χ3n) is 1.60. The van der Waals surface area contributed by atoms with E-state index >= 15 is 0 Å². The van der Waals surface area contributed by atoms with Crippen molar-refractivity contribution in [2.45, 2.75) is 25.9 Å². The van der Waals surface area contributed by atoms with Crippen LogP contribution in [-0.2, 0) is 14.4 Å². The zero-order chi connectivity index (χ0) is 12.0. The van der Waals surface area contributed by atoms with Crippen LogP contribution in [0.15, 0.2) is 0 Å². The minimum Gasteiger partial charge on any atom is -0.548 e. The smallest absolute Gasteiger partial charge is 0.278 e. The molecule has 0 aliphatic carbocycles. The standard InChI is InChI=1S/C8H15N3O4.H2O/c1-4(9)7(13)10-3-6(12)11-5(2)8(14)15;/h4-5H,3,9H2,1-2H3,(H,10,13)(H,11,12)(H,14,15);1H2/t4-,5-;/m0./s1. The molecule has 0 aromatic rings. The highest BCUT2D eigenvalue weighted by atomic mass is 16.4. The molecule has 0 rings (SSSR count). The van der Waals surface area contributed by atoms with E-state index in [1.54, 1.807) is 6.92 Å². The van der Waals surface area contributed by atoms with Gasteiger partial charge in [0, 0.05) is 0 Å². The molecule has 16 heavy (non-hydrogen) atoms. The Balaban J connectivity index is 0. The molecule has 0 spiro atoms. The van der Waals surface area contributed by atoms with Crippen LogP contribution in [0.5, 0.6) is 0 Å². The lowest BCUT2D eigenvalue weighted by Gasteiger charge is -2.14. The molecule has 0 aliphatic rings. The molecule has 8 nitrogen and oxygen atoms in total. The number of aliphatic carboxylic acids is 1. The van der Waals surface area contributed by atoms with E-state index in [-0.39, 0.29) is 17.9 Å². The number of quaternary nitrogens is 1. The monoisotopic (exact) mass is 235 g/mol. The van der Waals surface area contributed by atoms with E-state index in [9.17, 15) is 19.5 Å². The van der Waals surface area contributed by atoms with Crippen LogP contribution in [0.25, 0.3) is 0 Å². The fraction of sp³-hybridized carbons (Fsp3) is 0.625. The van der Waals surface area contributed by atoms with Gasteiger partial charge in [-0.15, -0.1) is 0 Å². The van der Waals surface area contributed by atoms with Crippen LogP contribution in [0.1, 0.15) is 13.8 Å². The number of hydrogen-bond donors (Lipinski definition) is 3. The number of rotatable bonds is 5. The van der Waals surface area contributed by atoms with Gasteiger partial charge in [-0.2, -0.15) is 0 Å². The summed E-state index contributed by atoms with van der Waals surface area (Å²) < 4.78 is 0. The third-order valence-corrected chi connectivity index (χ3v) is 1.60. The molecule has 0 saturated heterocycles. The Bertz CT molecular complexity index is 266. The van der Waals surface area contributed by atoms with Crippen LogP contribution < -0.4 is 21.5 Å². The van der Waals surface area contributed by atoms with Gasteiger partial charge in [0.25, 0.3) is 5.91 Å². The summed E-state index contributed by atoms with van der Waals surface area (Å²) in [6.07, 6.45) is 0. The first-order valence-electron chi connectivity index (χ1n) is 4.45. The molecule has 8 heteroatoms. The number of carbonyl (C=O) groups is 3. The number of carbonyl (C=O) groups excluding carboxylic acids is 3. The van der Waals surface area contributed by atoms with Gasteiger partial charge >= 0.3 is 0 Å². The van der Waals surface area contributed by atoms with Crippen molar-refractivity contribution in [3.63, 3.8) is 0 Å². The first-order chi connectivity index (χ1) is 6.84. The van der Waals surface area contributed by atoms with Crippen molar-refractivity contribution in [2.75, 3.05) is 6.54 Å². The van der Waals surface area contributed by atoms with Crippen LogP contribution in [0.2, 0.25) is 0 Å². The number of carboxylic acids is 1. The second kappa shape index (κ2) is 7.60. The van der Waals surface area contributed by atoms with Crippen LogP contribution in [-0.4, -0.2) is 41.9 Å². The number of carboxylic acid groups (broad SMARTS) is 1. The number of nitrogens with one attached hydrogen (secondary N) is 2. The van der Waals surface area contributed by atoms with Gasteiger partial charge in [-0.3, -0.25) is 9.59 Å². The Morgan fingerprint density at radius 2 is 1.81 bits per heavy atom. The molecular weight excluding hydrogens is 218 g/mol. The van der Waals surface area contributed by atoms with Gasteiger partial charge in [0.1, 0.15) is 0 Å². The second-order valence-electron chi connectivity index (χ2n) is 3.23. The van der Waals surface area contributed by atoms with Gasteiger partial charge in [-0.25, -0.2) is 0 Å². The Morgan fingerprint density at radius 1 is 1.31 bits per heavy atom. The highest BCUT2D eigenvalue weighted by Crippen LogP contribution is 1.78. The number of hydrogen-bond acceptors (Lipinski definition) is 4. The van der Waals surface area contributed by atoms with E-state index in [0.29, 0.717) is 0 Å². The molecule has 94 valence electrons. The summed E-state index contributed by atoms with van der Waals surface area (Å²) in [7, 11) is 0.